The summed E-state index contributed by atoms with van der Waals surface area (Å²) >= 11 is 0. The molecule has 18 heavy (non-hydrogen) atoms. The topological polar surface area (TPSA) is 91.6 Å². The molecular formula is C12H16N2O4. The minimum absolute atomic E-state index is 0.0305. The van der Waals surface area contributed by atoms with Gasteiger partial charge in [-0.15, -0.1) is 0 Å². The van der Waals surface area contributed by atoms with Crippen molar-refractivity contribution in [3.63, 3.8) is 0 Å². The lowest BCUT2D eigenvalue weighted by Crippen LogP contribution is -2.29. The molecule has 0 aliphatic heterocycles. The number of carboxylic acids is 1. The lowest BCUT2D eigenvalue weighted by molar-refractivity contribution is -0.121. The molecule has 98 valence electrons. The SMILES string of the molecule is O=C(CCNCc1occc1C(=O)O)NC1CC1. The van der Waals surface area contributed by atoms with E-state index >= 15 is 0 Å². The van der Waals surface area contributed by atoms with Crippen molar-refractivity contribution in [3.05, 3.63) is 23.7 Å². The number of hydrogen-bond acceptors (Lipinski definition) is 4. The molecular weight excluding hydrogens is 236 g/mol. The van der Waals surface area contributed by atoms with Crippen LogP contribution in [0.4, 0.5) is 0 Å². The lowest BCUT2D eigenvalue weighted by Gasteiger charge is -2.04. The second-order valence-electron chi connectivity index (χ2n) is 4.33. The fourth-order valence-corrected chi connectivity index (χ4v) is 1.60. The molecule has 3 N–H and O–H groups in total. The van der Waals surface area contributed by atoms with Crippen molar-refractivity contribution in [1.29, 1.82) is 0 Å². The molecule has 1 heterocycles. The molecule has 1 aliphatic rings. The second kappa shape index (κ2) is 5.68. The largest absolute Gasteiger partial charge is 0.478 e. The molecule has 0 unspecified atom stereocenters. The molecule has 0 radical (unpaired) electrons. The Balaban J connectivity index is 1.66. The molecule has 1 aromatic heterocycles. The number of hydrogen-bond donors (Lipinski definition) is 3. The molecule has 0 atom stereocenters. The van der Waals surface area contributed by atoms with Crippen molar-refractivity contribution < 1.29 is 19.1 Å². The lowest BCUT2D eigenvalue weighted by atomic mass is 10.2. The van der Waals surface area contributed by atoms with Crippen molar-refractivity contribution in [3.8, 4) is 0 Å². The van der Waals surface area contributed by atoms with E-state index in [1.165, 1.54) is 12.3 Å². The highest BCUT2D eigenvalue weighted by Crippen LogP contribution is 2.18. The minimum Gasteiger partial charge on any atom is -0.478 e. The number of aromatic carboxylic acids is 1. The number of carbonyl (C=O) groups excluding carboxylic acids is 1. The number of carboxylic acid groups (broad SMARTS) is 1. The third kappa shape index (κ3) is 3.59. The molecule has 1 fully saturated rings. The number of rotatable bonds is 7. The highest BCUT2D eigenvalue weighted by atomic mass is 16.4. The maximum atomic E-state index is 11.4. The number of furan rings is 1. The predicted molar refractivity (Wildman–Crippen MR) is 63.2 cm³/mol. The second-order valence-corrected chi connectivity index (χ2v) is 4.33. The number of nitrogens with one attached hydrogen (secondary N) is 2. The molecule has 1 aromatic rings. The van der Waals surface area contributed by atoms with E-state index in [0.29, 0.717) is 31.3 Å². The smallest absolute Gasteiger partial charge is 0.339 e. The van der Waals surface area contributed by atoms with Gasteiger partial charge in [0, 0.05) is 19.0 Å². The van der Waals surface area contributed by atoms with Crippen LogP contribution in [-0.2, 0) is 11.3 Å². The summed E-state index contributed by atoms with van der Waals surface area (Å²) in [7, 11) is 0. The first-order valence-corrected chi connectivity index (χ1v) is 5.96. The zero-order chi connectivity index (χ0) is 13.0. The van der Waals surface area contributed by atoms with Crippen LogP contribution in [0, 0.1) is 0 Å². The van der Waals surface area contributed by atoms with Gasteiger partial charge in [0.15, 0.2) is 0 Å². The quantitative estimate of drug-likeness (QED) is 0.622. The van der Waals surface area contributed by atoms with Gasteiger partial charge < -0.3 is 20.2 Å². The summed E-state index contributed by atoms with van der Waals surface area (Å²) in [6.45, 7) is 0.809. The van der Waals surface area contributed by atoms with Crippen molar-refractivity contribution in [2.75, 3.05) is 6.54 Å². The van der Waals surface area contributed by atoms with Gasteiger partial charge in [0.25, 0.3) is 0 Å². The zero-order valence-corrected chi connectivity index (χ0v) is 9.94. The maximum absolute atomic E-state index is 11.4. The van der Waals surface area contributed by atoms with Crippen molar-refractivity contribution in [2.24, 2.45) is 0 Å². The zero-order valence-electron chi connectivity index (χ0n) is 9.94. The Kier molecular flexibility index (Phi) is 3.99. The summed E-state index contributed by atoms with van der Waals surface area (Å²) in [5, 5.41) is 14.7. The van der Waals surface area contributed by atoms with Crippen LogP contribution in [0.15, 0.2) is 16.7 Å². The Morgan fingerprint density at radius 3 is 2.89 bits per heavy atom. The Labute approximate surface area is 104 Å². The van der Waals surface area contributed by atoms with Gasteiger partial charge in [-0.25, -0.2) is 4.79 Å². The third-order valence-electron chi connectivity index (χ3n) is 2.73. The van der Waals surface area contributed by atoms with Crippen LogP contribution in [0.3, 0.4) is 0 Å². The van der Waals surface area contributed by atoms with Crippen LogP contribution in [-0.4, -0.2) is 29.6 Å². The van der Waals surface area contributed by atoms with Gasteiger partial charge in [-0.1, -0.05) is 0 Å². The molecule has 0 bridgehead atoms. The van der Waals surface area contributed by atoms with Gasteiger partial charge in [-0.05, 0) is 18.9 Å². The van der Waals surface area contributed by atoms with Gasteiger partial charge in [0.2, 0.25) is 5.91 Å². The molecule has 1 saturated carbocycles. The van der Waals surface area contributed by atoms with Crippen LogP contribution < -0.4 is 10.6 Å². The van der Waals surface area contributed by atoms with Crippen LogP contribution >= 0.6 is 0 Å². The normalized spacial score (nSPS) is 14.4. The average Bonchev–Trinajstić information content (AvgIpc) is 2.99. The standard InChI is InChI=1S/C12H16N2O4/c15-11(14-8-1-2-8)3-5-13-7-10-9(12(16)17)4-6-18-10/h4,6,8,13H,1-3,5,7H2,(H,14,15)(H,16,17). The van der Waals surface area contributed by atoms with Crippen molar-refractivity contribution in [2.45, 2.75) is 31.8 Å². The fourth-order valence-electron chi connectivity index (χ4n) is 1.60. The van der Waals surface area contributed by atoms with Crippen LogP contribution in [0.2, 0.25) is 0 Å². The summed E-state index contributed by atoms with van der Waals surface area (Å²) in [5.74, 6) is -0.597. The maximum Gasteiger partial charge on any atom is 0.339 e. The summed E-state index contributed by atoms with van der Waals surface area (Å²) in [4.78, 5) is 22.2. The highest BCUT2D eigenvalue weighted by molar-refractivity contribution is 5.88. The highest BCUT2D eigenvalue weighted by Gasteiger charge is 2.22. The molecule has 1 amide bonds. The van der Waals surface area contributed by atoms with Gasteiger partial charge in [-0.2, -0.15) is 0 Å². The predicted octanol–water partition coefficient (Wildman–Crippen LogP) is 0.736. The summed E-state index contributed by atoms with van der Waals surface area (Å²) < 4.78 is 5.06. The molecule has 6 heteroatoms. The van der Waals surface area contributed by atoms with E-state index in [1.54, 1.807) is 0 Å². The summed E-state index contributed by atoms with van der Waals surface area (Å²) in [5.41, 5.74) is 0.157. The van der Waals surface area contributed by atoms with Gasteiger partial charge in [-0.3, -0.25) is 4.79 Å². The van der Waals surface area contributed by atoms with E-state index in [0.717, 1.165) is 12.8 Å². The van der Waals surface area contributed by atoms with Gasteiger partial charge >= 0.3 is 5.97 Å². The fraction of sp³-hybridized carbons (Fsp3) is 0.500. The minimum atomic E-state index is -1.01. The van der Waals surface area contributed by atoms with E-state index in [1.807, 2.05) is 0 Å². The summed E-state index contributed by atoms with van der Waals surface area (Å²) in [6, 6.07) is 1.79. The summed E-state index contributed by atoms with van der Waals surface area (Å²) in [6.07, 6.45) is 3.89. The Hall–Kier alpha value is -1.82. The van der Waals surface area contributed by atoms with E-state index in [2.05, 4.69) is 10.6 Å². The first-order valence-electron chi connectivity index (χ1n) is 5.96. The molecule has 1 aliphatic carbocycles. The monoisotopic (exact) mass is 252 g/mol. The van der Waals surface area contributed by atoms with Crippen LogP contribution in [0.5, 0.6) is 0 Å². The first-order chi connectivity index (χ1) is 8.66. The number of carbonyl (C=O) groups is 2. The van der Waals surface area contributed by atoms with E-state index in [4.69, 9.17) is 9.52 Å². The molecule has 0 saturated heterocycles. The molecule has 0 spiro atoms. The van der Waals surface area contributed by atoms with Crippen molar-refractivity contribution >= 4 is 11.9 Å². The Bertz CT molecular complexity index is 437. The molecule has 0 aromatic carbocycles. The van der Waals surface area contributed by atoms with Gasteiger partial charge in [0.1, 0.15) is 11.3 Å². The average molecular weight is 252 g/mol. The molecule has 6 nitrogen and oxygen atoms in total. The number of amides is 1. The van der Waals surface area contributed by atoms with E-state index in [9.17, 15) is 9.59 Å². The van der Waals surface area contributed by atoms with Crippen LogP contribution in [0.1, 0.15) is 35.4 Å². The van der Waals surface area contributed by atoms with E-state index < -0.39 is 5.97 Å². The Morgan fingerprint density at radius 1 is 1.44 bits per heavy atom. The Morgan fingerprint density at radius 2 is 2.22 bits per heavy atom. The van der Waals surface area contributed by atoms with E-state index in [-0.39, 0.29) is 11.5 Å². The van der Waals surface area contributed by atoms with Crippen LogP contribution in [0.25, 0.3) is 0 Å². The molecule has 2 rings (SSSR count). The van der Waals surface area contributed by atoms with Crippen molar-refractivity contribution in [1.82, 2.24) is 10.6 Å². The van der Waals surface area contributed by atoms with Gasteiger partial charge in [0.05, 0.1) is 12.8 Å². The third-order valence-corrected chi connectivity index (χ3v) is 2.73. The first kappa shape index (κ1) is 12.6.